The van der Waals surface area contributed by atoms with Gasteiger partial charge in [0.1, 0.15) is 5.75 Å². The molecule has 1 atom stereocenters. The van der Waals surface area contributed by atoms with E-state index in [0.717, 1.165) is 42.2 Å². The molecular formula is C17H22N4O. The van der Waals surface area contributed by atoms with E-state index in [1.807, 2.05) is 44.2 Å². The number of benzene rings is 1. The predicted octanol–water partition coefficient (Wildman–Crippen LogP) is 2.62. The molecule has 0 amide bonds. The highest BCUT2D eigenvalue weighted by molar-refractivity contribution is 5.62. The van der Waals surface area contributed by atoms with Gasteiger partial charge in [-0.25, -0.2) is 9.97 Å². The van der Waals surface area contributed by atoms with Crippen LogP contribution in [0, 0.1) is 6.92 Å². The van der Waals surface area contributed by atoms with Crippen molar-refractivity contribution in [3.8, 4) is 17.0 Å². The number of anilines is 1. The highest BCUT2D eigenvalue weighted by Crippen LogP contribution is 2.24. The first-order chi connectivity index (χ1) is 10.7. The zero-order valence-electron chi connectivity index (χ0n) is 13.1. The molecule has 5 nitrogen and oxygen atoms in total. The van der Waals surface area contributed by atoms with E-state index in [4.69, 9.17) is 4.74 Å². The molecule has 0 aliphatic carbocycles. The van der Waals surface area contributed by atoms with Crippen molar-refractivity contribution < 1.29 is 4.74 Å². The van der Waals surface area contributed by atoms with Crippen molar-refractivity contribution in [1.29, 1.82) is 0 Å². The third kappa shape index (κ3) is 3.54. The smallest absolute Gasteiger partial charge is 0.223 e. The largest absolute Gasteiger partial charge is 0.494 e. The van der Waals surface area contributed by atoms with Gasteiger partial charge in [-0.2, -0.15) is 0 Å². The van der Waals surface area contributed by atoms with Gasteiger partial charge in [-0.1, -0.05) is 12.1 Å². The summed E-state index contributed by atoms with van der Waals surface area (Å²) in [7, 11) is 0. The molecule has 0 radical (unpaired) electrons. The Hall–Kier alpha value is -2.14. The Kier molecular flexibility index (Phi) is 4.53. The highest BCUT2D eigenvalue weighted by atomic mass is 16.5. The van der Waals surface area contributed by atoms with Crippen LogP contribution in [0.2, 0.25) is 0 Å². The van der Waals surface area contributed by atoms with Crippen LogP contribution in [0.4, 0.5) is 5.95 Å². The SMILES string of the molecule is CCOc1cccc(-c2cc(C)nc(NC3CCNC3)n2)c1. The summed E-state index contributed by atoms with van der Waals surface area (Å²) in [5, 5.41) is 6.76. The molecule has 0 bridgehead atoms. The Balaban J connectivity index is 1.86. The summed E-state index contributed by atoms with van der Waals surface area (Å²) in [6.45, 7) is 6.65. The molecule has 116 valence electrons. The van der Waals surface area contributed by atoms with Gasteiger partial charge in [-0.15, -0.1) is 0 Å². The fraction of sp³-hybridized carbons (Fsp3) is 0.412. The van der Waals surface area contributed by atoms with E-state index in [-0.39, 0.29) is 0 Å². The van der Waals surface area contributed by atoms with Crippen LogP contribution in [-0.2, 0) is 0 Å². The van der Waals surface area contributed by atoms with Gasteiger partial charge < -0.3 is 15.4 Å². The molecule has 1 aromatic carbocycles. The first kappa shape index (κ1) is 14.8. The highest BCUT2D eigenvalue weighted by Gasteiger charge is 2.15. The molecule has 1 unspecified atom stereocenters. The summed E-state index contributed by atoms with van der Waals surface area (Å²) in [5.74, 6) is 1.57. The zero-order chi connectivity index (χ0) is 15.4. The summed E-state index contributed by atoms with van der Waals surface area (Å²) < 4.78 is 5.57. The summed E-state index contributed by atoms with van der Waals surface area (Å²) in [5.41, 5.74) is 2.92. The molecule has 1 aliphatic rings. The molecule has 1 saturated heterocycles. The normalized spacial score (nSPS) is 17.5. The van der Waals surface area contributed by atoms with Crippen molar-refractivity contribution in [2.45, 2.75) is 26.3 Å². The van der Waals surface area contributed by atoms with Crippen LogP contribution >= 0.6 is 0 Å². The minimum atomic E-state index is 0.407. The quantitative estimate of drug-likeness (QED) is 0.888. The molecule has 5 heteroatoms. The maximum absolute atomic E-state index is 5.57. The fourth-order valence-electron chi connectivity index (χ4n) is 2.65. The maximum Gasteiger partial charge on any atom is 0.223 e. The van der Waals surface area contributed by atoms with E-state index in [2.05, 4.69) is 20.6 Å². The van der Waals surface area contributed by atoms with E-state index in [9.17, 15) is 0 Å². The van der Waals surface area contributed by atoms with Crippen LogP contribution in [0.25, 0.3) is 11.3 Å². The van der Waals surface area contributed by atoms with Crippen LogP contribution in [0.15, 0.2) is 30.3 Å². The Morgan fingerprint density at radius 3 is 3.00 bits per heavy atom. The molecule has 1 aromatic heterocycles. The molecule has 3 rings (SSSR count). The average molecular weight is 298 g/mol. The summed E-state index contributed by atoms with van der Waals surface area (Å²) in [6.07, 6.45) is 1.10. The standard InChI is InChI=1S/C17H22N4O/c1-3-22-15-6-4-5-13(10-15)16-9-12(2)19-17(21-16)20-14-7-8-18-11-14/h4-6,9-10,14,18H,3,7-8,11H2,1-2H3,(H,19,20,21). The number of nitrogens with one attached hydrogen (secondary N) is 2. The monoisotopic (exact) mass is 298 g/mol. The second-order valence-corrected chi connectivity index (χ2v) is 5.51. The molecule has 2 aromatic rings. The zero-order valence-corrected chi connectivity index (χ0v) is 13.1. The van der Waals surface area contributed by atoms with Gasteiger partial charge in [0, 0.05) is 23.8 Å². The number of hydrogen-bond donors (Lipinski definition) is 2. The van der Waals surface area contributed by atoms with Crippen molar-refractivity contribution in [2.75, 3.05) is 25.0 Å². The van der Waals surface area contributed by atoms with Crippen LogP contribution in [0.1, 0.15) is 19.0 Å². The van der Waals surface area contributed by atoms with Gasteiger partial charge >= 0.3 is 0 Å². The van der Waals surface area contributed by atoms with Gasteiger partial charge in [0.2, 0.25) is 5.95 Å². The molecule has 1 fully saturated rings. The van der Waals surface area contributed by atoms with Gasteiger partial charge in [0.25, 0.3) is 0 Å². The van der Waals surface area contributed by atoms with E-state index in [1.54, 1.807) is 0 Å². The van der Waals surface area contributed by atoms with Gasteiger partial charge in [-0.3, -0.25) is 0 Å². The third-order valence-corrected chi connectivity index (χ3v) is 3.69. The number of hydrogen-bond acceptors (Lipinski definition) is 5. The molecule has 0 saturated carbocycles. The van der Waals surface area contributed by atoms with E-state index >= 15 is 0 Å². The topological polar surface area (TPSA) is 59.1 Å². The summed E-state index contributed by atoms with van der Waals surface area (Å²) >= 11 is 0. The van der Waals surface area contributed by atoms with Crippen molar-refractivity contribution >= 4 is 5.95 Å². The lowest BCUT2D eigenvalue weighted by Gasteiger charge is -2.13. The number of aryl methyl sites for hydroxylation is 1. The Morgan fingerprint density at radius 2 is 2.23 bits per heavy atom. The second kappa shape index (κ2) is 6.75. The number of nitrogens with zero attached hydrogens (tertiary/aromatic N) is 2. The van der Waals surface area contributed by atoms with Crippen molar-refractivity contribution in [1.82, 2.24) is 15.3 Å². The minimum absolute atomic E-state index is 0.407. The van der Waals surface area contributed by atoms with E-state index in [0.29, 0.717) is 18.6 Å². The summed E-state index contributed by atoms with van der Waals surface area (Å²) in [4.78, 5) is 9.16. The molecule has 2 N–H and O–H groups in total. The molecular weight excluding hydrogens is 276 g/mol. The lowest BCUT2D eigenvalue weighted by atomic mass is 10.1. The van der Waals surface area contributed by atoms with Gasteiger partial charge in [0.15, 0.2) is 0 Å². The molecule has 1 aliphatic heterocycles. The fourth-order valence-corrected chi connectivity index (χ4v) is 2.65. The van der Waals surface area contributed by atoms with Crippen molar-refractivity contribution in [2.24, 2.45) is 0 Å². The lowest BCUT2D eigenvalue weighted by molar-refractivity contribution is 0.340. The van der Waals surface area contributed by atoms with Crippen LogP contribution < -0.4 is 15.4 Å². The minimum Gasteiger partial charge on any atom is -0.494 e. The van der Waals surface area contributed by atoms with Crippen LogP contribution in [0.5, 0.6) is 5.75 Å². The Labute approximate surface area is 131 Å². The molecule has 2 heterocycles. The average Bonchev–Trinajstić information content (AvgIpc) is 3.00. The second-order valence-electron chi connectivity index (χ2n) is 5.51. The van der Waals surface area contributed by atoms with Crippen LogP contribution in [0.3, 0.4) is 0 Å². The summed E-state index contributed by atoms with van der Waals surface area (Å²) in [6, 6.07) is 10.4. The van der Waals surface area contributed by atoms with Gasteiger partial charge in [-0.05, 0) is 45.0 Å². The van der Waals surface area contributed by atoms with Crippen molar-refractivity contribution in [3.05, 3.63) is 36.0 Å². The lowest BCUT2D eigenvalue weighted by Crippen LogP contribution is -2.23. The first-order valence-electron chi connectivity index (χ1n) is 7.81. The number of rotatable bonds is 5. The van der Waals surface area contributed by atoms with Crippen LogP contribution in [-0.4, -0.2) is 35.7 Å². The van der Waals surface area contributed by atoms with Crippen molar-refractivity contribution in [3.63, 3.8) is 0 Å². The maximum atomic E-state index is 5.57. The van der Waals surface area contributed by atoms with E-state index < -0.39 is 0 Å². The molecule has 0 spiro atoms. The van der Waals surface area contributed by atoms with Gasteiger partial charge in [0.05, 0.1) is 12.3 Å². The number of aromatic nitrogens is 2. The predicted molar refractivity (Wildman–Crippen MR) is 88.3 cm³/mol. The Bertz CT molecular complexity index is 638. The van der Waals surface area contributed by atoms with E-state index in [1.165, 1.54) is 0 Å². The number of ether oxygens (including phenoxy) is 1. The Morgan fingerprint density at radius 1 is 1.32 bits per heavy atom. The molecule has 22 heavy (non-hydrogen) atoms. The first-order valence-corrected chi connectivity index (χ1v) is 7.81. The third-order valence-electron chi connectivity index (χ3n) is 3.69.